The number of para-hydroxylation sites is 4. The summed E-state index contributed by atoms with van der Waals surface area (Å²) in [7, 11) is -4.14. The maximum Gasteiger partial charge on any atom is 0.188 e. The second-order valence-corrected chi connectivity index (χ2v) is 17.9. The van der Waals surface area contributed by atoms with Gasteiger partial charge in [-0.3, -0.25) is 0 Å². The van der Waals surface area contributed by atoms with Crippen molar-refractivity contribution in [3.63, 3.8) is 0 Å². The minimum Gasteiger partial charge on any atom is -0.458 e. The molecule has 2 aliphatic heterocycles. The standard InChI is InChI=1S/C42H30NOSi2/c1-4-16-31(17-5-1)43(32-18-6-2-7-19-32)33-28-29-38-42(30-33)46(39-25-13-10-22-35(39)44-36-23-11-14-26-40(36)46)41-27-15-12-24-37(41)45(38)34-20-8-3-9-21-34/h1-30H. The lowest BCUT2D eigenvalue weighted by molar-refractivity contribution is 0.487. The summed E-state index contributed by atoms with van der Waals surface area (Å²) in [5.41, 5.74) is 3.45. The third kappa shape index (κ3) is 4.01. The first-order valence-electron chi connectivity index (χ1n) is 15.8. The van der Waals surface area contributed by atoms with Crippen molar-refractivity contribution in [3.8, 4) is 11.5 Å². The largest absolute Gasteiger partial charge is 0.458 e. The summed E-state index contributed by atoms with van der Waals surface area (Å²) in [4.78, 5) is 2.40. The monoisotopic (exact) mass is 620 g/mol. The van der Waals surface area contributed by atoms with Gasteiger partial charge in [-0.05, 0) is 69.3 Å². The first-order chi connectivity index (χ1) is 22.8. The van der Waals surface area contributed by atoms with Crippen LogP contribution in [0.1, 0.15) is 0 Å². The smallest absolute Gasteiger partial charge is 0.188 e. The molecule has 0 aliphatic carbocycles. The topological polar surface area (TPSA) is 12.5 Å². The molecule has 0 N–H and O–H groups in total. The van der Waals surface area contributed by atoms with E-state index in [2.05, 4.69) is 187 Å². The van der Waals surface area contributed by atoms with Gasteiger partial charge in [-0.1, -0.05) is 149 Å². The van der Waals surface area contributed by atoms with Crippen LogP contribution in [0.25, 0.3) is 0 Å². The third-order valence-electron chi connectivity index (χ3n) is 9.43. The van der Waals surface area contributed by atoms with Crippen molar-refractivity contribution in [3.05, 3.63) is 182 Å². The molecular formula is C42H30NOSi2. The minimum absolute atomic E-state index is 0.970. The highest BCUT2D eigenvalue weighted by molar-refractivity contribution is 7.27. The summed E-state index contributed by atoms with van der Waals surface area (Å²) < 4.78 is 6.70. The highest BCUT2D eigenvalue weighted by Crippen LogP contribution is 2.35. The Bertz CT molecular complexity index is 2120. The zero-order valence-corrected chi connectivity index (χ0v) is 27.2. The van der Waals surface area contributed by atoms with E-state index in [-0.39, 0.29) is 0 Å². The van der Waals surface area contributed by atoms with Gasteiger partial charge in [0.15, 0.2) is 16.9 Å². The van der Waals surface area contributed by atoms with Crippen molar-refractivity contribution in [1.82, 2.24) is 0 Å². The van der Waals surface area contributed by atoms with Crippen LogP contribution in [0.2, 0.25) is 0 Å². The fourth-order valence-corrected chi connectivity index (χ4v) is 17.3. The molecule has 7 aromatic carbocycles. The van der Waals surface area contributed by atoms with Gasteiger partial charge < -0.3 is 9.64 Å². The summed E-state index contributed by atoms with van der Waals surface area (Å²) in [5, 5.41) is 9.94. The highest BCUT2D eigenvalue weighted by atomic mass is 28.3. The fourth-order valence-electron chi connectivity index (χ4n) is 7.61. The van der Waals surface area contributed by atoms with Gasteiger partial charge in [0.05, 0.1) is 0 Å². The second-order valence-electron chi connectivity index (χ2n) is 11.9. The Kier molecular flexibility index (Phi) is 6.37. The van der Waals surface area contributed by atoms with Crippen LogP contribution in [0, 0.1) is 0 Å². The summed E-state index contributed by atoms with van der Waals surface area (Å²) in [6.45, 7) is 0. The van der Waals surface area contributed by atoms with E-state index in [9.17, 15) is 0 Å². The van der Waals surface area contributed by atoms with Gasteiger partial charge >= 0.3 is 0 Å². The maximum atomic E-state index is 6.70. The van der Waals surface area contributed by atoms with E-state index in [1.807, 2.05) is 0 Å². The molecule has 0 amide bonds. The number of nitrogens with zero attached hydrogens (tertiary/aromatic N) is 1. The average molecular weight is 621 g/mol. The Labute approximate surface area is 272 Å². The Hall–Kier alpha value is -5.43. The Morgan fingerprint density at radius 3 is 1.48 bits per heavy atom. The minimum atomic E-state index is -2.83. The van der Waals surface area contributed by atoms with Gasteiger partial charge in [0.25, 0.3) is 0 Å². The van der Waals surface area contributed by atoms with Gasteiger partial charge in [-0.2, -0.15) is 0 Å². The second kappa shape index (κ2) is 10.9. The summed E-state index contributed by atoms with van der Waals surface area (Å²) in [6, 6.07) is 66.8. The van der Waals surface area contributed by atoms with Crippen LogP contribution in [-0.2, 0) is 0 Å². The van der Waals surface area contributed by atoms with Crippen LogP contribution in [0.15, 0.2) is 182 Å². The molecule has 2 aliphatic rings. The highest BCUT2D eigenvalue weighted by Gasteiger charge is 2.54. The fraction of sp³-hybridized carbons (Fsp3) is 0. The molecule has 46 heavy (non-hydrogen) atoms. The van der Waals surface area contributed by atoms with Gasteiger partial charge in [-0.15, -0.1) is 0 Å². The number of ether oxygens (including phenoxy) is 1. The quantitative estimate of drug-likeness (QED) is 0.242. The molecular weight excluding hydrogens is 591 g/mol. The van der Waals surface area contributed by atoms with Crippen molar-refractivity contribution in [2.75, 3.05) is 4.90 Å². The van der Waals surface area contributed by atoms with Crippen molar-refractivity contribution in [2.45, 2.75) is 0 Å². The molecule has 2 heterocycles. The van der Waals surface area contributed by atoms with Crippen molar-refractivity contribution >= 4 is 70.2 Å². The first kappa shape index (κ1) is 26.9. The molecule has 0 bridgehead atoms. The SMILES string of the molecule is c1ccc(N(c2ccccc2)c2ccc3c(c2)[Si]2(c4ccccc4Oc4ccccc42)c2ccccc2[Si]3c2ccccc2)cc1. The lowest BCUT2D eigenvalue weighted by atomic mass is 10.2. The molecule has 0 saturated carbocycles. The number of fused-ring (bicyclic) bond motifs is 8. The molecule has 1 radical (unpaired) electrons. The molecule has 7 aromatic rings. The van der Waals surface area contributed by atoms with Crippen LogP contribution >= 0.6 is 0 Å². The van der Waals surface area contributed by atoms with Crippen LogP contribution in [0.3, 0.4) is 0 Å². The van der Waals surface area contributed by atoms with E-state index >= 15 is 0 Å². The van der Waals surface area contributed by atoms with E-state index in [0.717, 1.165) is 22.9 Å². The lowest BCUT2D eigenvalue weighted by Crippen LogP contribution is -2.87. The zero-order chi connectivity index (χ0) is 30.5. The number of hydrogen-bond donors (Lipinski definition) is 0. The normalized spacial score (nSPS) is 13.9. The Morgan fingerprint density at radius 1 is 0.391 bits per heavy atom. The van der Waals surface area contributed by atoms with Crippen LogP contribution in [0.4, 0.5) is 17.1 Å². The van der Waals surface area contributed by atoms with E-state index < -0.39 is 16.9 Å². The Morgan fingerprint density at radius 2 is 0.870 bits per heavy atom. The first-order valence-corrected chi connectivity index (χ1v) is 19.3. The third-order valence-corrected chi connectivity index (χ3v) is 17.7. The van der Waals surface area contributed by atoms with Gasteiger partial charge in [0, 0.05) is 17.1 Å². The average Bonchev–Trinajstić information content (AvgIpc) is 3.13. The van der Waals surface area contributed by atoms with E-state index in [0.29, 0.717) is 0 Å². The van der Waals surface area contributed by atoms with Crippen LogP contribution in [-0.4, -0.2) is 16.9 Å². The van der Waals surface area contributed by atoms with Gasteiger partial charge in [-0.25, -0.2) is 0 Å². The van der Waals surface area contributed by atoms with Crippen LogP contribution < -0.4 is 45.9 Å². The van der Waals surface area contributed by atoms with Crippen molar-refractivity contribution in [2.24, 2.45) is 0 Å². The Balaban J connectivity index is 1.42. The van der Waals surface area contributed by atoms with Crippen molar-refractivity contribution in [1.29, 1.82) is 0 Å². The molecule has 4 heteroatoms. The molecule has 0 aromatic heterocycles. The molecule has 2 nitrogen and oxygen atoms in total. The van der Waals surface area contributed by atoms with Crippen LogP contribution in [0.5, 0.6) is 11.5 Å². The zero-order valence-electron chi connectivity index (χ0n) is 25.2. The maximum absolute atomic E-state index is 6.70. The molecule has 217 valence electrons. The molecule has 0 saturated heterocycles. The van der Waals surface area contributed by atoms with E-state index in [1.54, 1.807) is 0 Å². The summed E-state index contributed by atoms with van der Waals surface area (Å²) >= 11 is 0. The number of rotatable bonds is 4. The molecule has 0 fully saturated rings. The predicted molar refractivity (Wildman–Crippen MR) is 196 cm³/mol. The number of hydrogen-bond acceptors (Lipinski definition) is 2. The number of anilines is 3. The van der Waals surface area contributed by atoms with Crippen molar-refractivity contribution < 1.29 is 4.74 Å². The molecule has 9 rings (SSSR count). The summed E-state index contributed by atoms with van der Waals surface area (Å²) in [6.07, 6.45) is 0. The predicted octanol–water partition coefficient (Wildman–Crippen LogP) is 5.47. The summed E-state index contributed by atoms with van der Waals surface area (Å²) in [5.74, 6) is 1.94. The van der Waals surface area contributed by atoms with Gasteiger partial charge in [0.1, 0.15) is 11.5 Å². The van der Waals surface area contributed by atoms with E-state index in [4.69, 9.17) is 4.74 Å². The van der Waals surface area contributed by atoms with Gasteiger partial charge in [0.2, 0.25) is 0 Å². The molecule has 0 atom stereocenters. The molecule has 1 spiro atoms. The van der Waals surface area contributed by atoms with E-state index in [1.165, 1.54) is 42.0 Å². The lowest BCUT2D eigenvalue weighted by Gasteiger charge is -2.46. The molecule has 0 unspecified atom stereocenters. The number of benzene rings is 7.